The Morgan fingerprint density at radius 3 is 2.92 bits per heavy atom. The summed E-state index contributed by atoms with van der Waals surface area (Å²) in [5.74, 6) is 0.503. The molecule has 0 saturated heterocycles. The number of carbonyl (C=O) groups excluding carboxylic acids is 1. The highest BCUT2D eigenvalue weighted by Gasteiger charge is 2.24. The van der Waals surface area contributed by atoms with Crippen molar-refractivity contribution >= 4 is 5.91 Å². The predicted molar refractivity (Wildman–Crippen MR) is 93.9 cm³/mol. The molecule has 3 rings (SSSR count). The van der Waals surface area contributed by atoms with Crippen molar-refractivity contribution in [2.24, 2.45) is 0 Å². The molecule has 1 aromatic carbocycles. The van der Waals surface area contributed by atoms with Crippen LogP contribution >= 0.6 is 0 Å². The standard InChI is InChI=1S/C19H22N2O4/c1-2-24-9-10-25-17-6-4-3-5-16(17)19(23)21-8-7-14-11-18(22)20-12-15(14)13-21/h3-6,11-12H,2,7-10,13H2,1H3,(H,20,22). The summed E-state index contributed by atoms with van der Waals surface area (Å²) in [5.41, 5.74) is 2.43. The molecule has 0 saturated carbocycles. The minimum atomic E-state index is -0.105. The Hall–Kier alpha value is -2.60. The lowest BCUT2D eigenvalue weighted by molar-refractivity contribution is 0.0724. The summed E-state index contributed by atoms with van der Waals surface area (Å²) < 4.78 is 11.0. The molecule has 2 aromatic rings. The van der Waals surface area contributed by atoms with Crippen LogP contribution in [-0.2, 0) is 17.7 Å². The molecule has 2 heterocycles. The van der Waals surface area contributed by atoms with Gasteiger partial charge in [0.25, 0.3) is 5.91 Å². The highest BCUT2D eigenvalue weighted by atomic mass is 16.5. The van der Waals surface area contributed by atoms with Gasteiger partial charge in [0.1, 0.15) is 12.4 Å². The number of hydrogen-bond acceptors (Lipinski definition) is 4. The Labute approximate surface area is 146 Å². The molecule has 1 aliphatic heterocycles. The molecule has 0 spiro atoms. The zero-order valence-electron chi connectivity index (χ0n) is 14.3. The van der Waals surface area contributed by atoms with Gasteiger partial charge in [-0.05, 0) is 36.6 Å². The van der Waals surface area contributed by atoms with Gasteiger partial charge in [-0.2, -0.15) is 0 Å². The zero-order valence-corrected chi connectivity index (χ0v) is 14.3. The number of carbonyl (C=O) groups is 1. The number of benzene rings is 1. The van der Waals surface area contributed by atoms with E-state index in [1.165, 1.54) is 0 Å². The Kier molecular flexibility index (Phi) is 5.50. The van der Waals surface area contributed by atoms with E-state index < -0.39 is 0 Å². The van der Waals surface area contributed by atoms with E-state index >= 15 is 0 Å². The lowest BCUT2D eigenvalue weighted by atomic mass is 10.0. The molecule has 1 aromatic heterocycles. The van der Waals surface area contributed by atoms with Gasteiger partial charge in [0.05, 0.1) is 12.2 Å². The van der Waals surface area contributed by atoms with E-state index in [-0.39, 0.29) is 11.5 Å². The molecule has 6 nitrogen and oxygen atoms in total. The van der Waals surface area contributed by atoms with Crippen molar-refractivity contribution in [3.63, 3.8) is 0 Å². The number of aromatic nitrogens is 1. The van der Waals surface area contributed by atoms with Crippen molar-refractivity contribution in [1.82, 2.24) is 9.88 Å². The molecule has 132 valence electrons. The first kappa shape index (κ1) is 17.2. The summed E-state index contributed by atoms with van der Waals surface area (Å²) in [7, 11) is 0. The van der Waals surface area contributed by atoms with E-state index in [0.717, 1.165) is 11.1 Å². The maximum absolute atomic E-state index is 12.9. The second-order valence-electron chi connectivity index (χ2n) is 5.87. The minimum absolute atomic E-state index is 0.0659. The number of nitrogens with zero attached hydrogens (tertiary/aromatic N) is 1. The molecule has 1 N–H and O–H groups in total. The van der Waals surface area contributed by atoms with Crippen LogP contribution in [0.4, 0.5) is 0 Å². The predicted octanol–water partition coefficient (Wildman–Crippen LogP) is 1.99. The SMILES string of the molecule is CCOCCOc1ccccc1C(=O)N1CCc2cc(=O)[nH]cc2C1. The Bertz CT molecular complexity index is 800. The molecule has 0 unspecified atom stereocenters. The van der Waals surface area contributed by atoms with Crippen LogP contribution in [0.25, 0.3) is 0 Å². The van der Waals surface area contributed by atoms with Crippen LogP contribution in [0.2, 0.25) is 0 Å². The number of ether oxygens (including phenoxy) is 2. The van der Waals surface area contributed by atoms with Gasteiger partial charge in [-0.3, -0.25) is 9.59 Å². The topological polar surface area (TPSA) is 71.6 Å². The number of aromatic amines is 1. The van der Waals surface area contributed by atoms with Gasteiger partial charge in [0.2, 0.25) is 5.56 Å². The number of rotatable bonds is 6. The van der Waals surface area contributed by atoms with E-state index in [0.29, 0.717) is 50.6 Å². The fraction of sp³-hybridized carbons (Fsp3) is 0.368. The van der Waals surface area contributed by atoms with E-state index in [1.54, 1.807) is 29.3 Å². The van der Waals surface area contributed by atoms with E-state index in [1.807, 2.05) is 19.1 Å². The summed E-state index contributed by atoms with van der Waals surface area (Å²) in [5, 5.41) is 0. The van der Waals surface area contributed by atoms with Crippen LogP contribution in [0.3, 0.4) is 0 Å². The average molecular weight is 342 g/mol. The van der Waals surface area contributed by atoms with Gasteiger partial charge in [-0.25, -0.2) is 0 Å². The van der Waals surface area contributed by atoms with Crippen molar-refractivity contribution < 1.29 is 14.3 Å². The first-order chi connectivity index (χ1) is 12.2. The second-order valence-corrected chi connectivity index (χ2v) is 5.87. The molecule has 0 atom stereocenters. The van der Waals surface area contributed by atoms with Gasteiger partial charge in [0.15, 0.2) is 0 Å². The van der Waals surface area contributed by atoms with E-state index in [2.05, 4.69) is 4.98 Å². The largest absolute Gasteiger partial charge is 0.490 e. The first-order valence-electron chi connectivity index (χ1n) is 8.48. The third-order valence-corrected chi connectivity index (χ3v) is 4.21. The molecular formula is C19H22N2O4. The number of para-hydroxylation sites is 1. The van der Waals surface area contributed by atoms with E-state index in [4.69, 9.17) is 9.47 Å². The fourth-order valence-corrected chi connectivity index (χ4v) is 2.93. The molecule has 25 heavy (non-hydrogen) atoms. The number of amides is 1. The zero-order chi connectivity index (χ0) is 17.6. The molecule has 0 bridgehead atoms. The highest BCUT2D eigenvalue weighted by Crippen LogP contribution is 2.23. The van der Waals surface area contributed by atoms with Gasteiger partial charge in [0, 0.05) is 32.0 Å². The van der Waals surface area contributed by atoms with E-state index in [9.17, 15) is 9.59 Å². The first-order valence-corrected chi connectivity index (χ1v) is 8.48. The van der Waals surface area contributed by atoms with Crippen molar-refractivity contribution in [3.8, 4) is 5.75 Å². The van der Waals surface area contributed by atoms with Crippen LogP contribution in [0, 0.1) is 0 Å². The number of nitrogens with one attached hydrogen (secondary N) is 1. The summed E-state index contributed by atoms with van der Waals surface area (Å²) in [6.07, 6.45) is 2.37. The number of H-pyrrole nitrogens is 1. The Balaban J connectivity index is 1.73. The van der Waals surface area contributed by atoms with Crippen molar-refractivity contribution in [2.75, 3.05) is 26.4 Å². The Morgan fingerprint density at radius 1 is 1.24 bits per heavy atom. The Morgan fingerprint density at radius 2 is 2.08 bits per heavy atom. The quantitative estimate of drug-likeness (QED) is 0.815. The van der Waals surface area contributed by atoms with Crippen LogP contribution in [0.5, 0.6) is 5.75 Å². The average Bonchev–Trinajstić information content (AvgIpc) is 2.64. The van der Waals surface area contributed by atoms with Gasteiger partial charge < -0.3 is 19.4 Å². The van der Waals surface area contributed by atoms with Gasteiger partial charge in [-0.15, -0.1) is 0 Å². The van der Waals surface area contributed by atoms with Crippen LogP contribution in [0.1, 0.15) is 28.4 Å². The van der Waals surface area contributed by atoms with Crippen LogP contribution in [-0.4, -0.2) is 42.2 Å². The molecule has 1 aliphatic rings. The number of fused-ring (bicyclic) bond motifs is 1. The lowest BCUT2D eigenvalue weighted by Crippen LogP contribution is -2.36. The third-order valence-electron chi connectivity index (χ3n) is 4.21. The summed E-state index contributed by atoms with van der Waals surface area (Å²) in [6, 6.07) is 8.87. The summed E-state index contributed by atoms with van der Waals surface area (Å²) >= 11 is 0. The van der Waals surface area contributed by atoms with Crippen LogP contribution < -0.4 is 10.3 Å². The third kappa shape index (κ3) is 4.09. The normalized spacial score (nSPS) is 13.4. The minimum Gasteiger partial charge on any atom is -0.490 e. The van der Waals surface area contributed by atoms with Gasteiger partial charge in [-0.1, -0.05) is 12.1 Å². The smallest absolute Gasteiger partial charge is 0.257 e. The summed E-state index contributed by atoms with van der Waals surface area (Å²) in [6.45, 7) is 4.53. The maximum Gasteiger partial charge on any atom is 0.257 e. The van der Waals surface area contributed by atoms with Crippen molar-refractivity contribution in [2.45, 2.75) is 19.9 Å². The molecule has 0 aliphatic carbocycles. The number of pyridine rings is 1. The molecular weight excluding hydrogens is 320 g/mol. The molecule has 0 radical (unpaired) electrons. The summed E-state index contributed by atoms with van der Waals surface area (Å²) in [4.78, 5) is 28.8. The van der Waals surface area contributed by atoms with Gasteiger partial charge >= 0.3 is 0 Å². The fourth-order valence-electron chi connectivity index (χ4n) is 2.93. The number of hydrogen-bond donors (Lipinski definition) is 1. The lowest BCUT2D eigenvalue weighted by Gasteiger charge is -2.29. The molecule has 1 amide bonds. The molecule has 6 heteroatoms. The van der Waals surface area contributed by atoms with Crippen molar-refractivity contribution in [3.05, 3.63) is 63.6 Å². The van der Waals surface area contributed by atoms with Crippen molar-refractivity contribution in [1.29, 1.82) is 0 Å². The second kappa shape index (κ2) is 7.98. The molecule has 0 fully saturated rings. The highest BCUT2D eigenvalue weighted by molar-refractivity contribution is 5.97. The maximum atomic E-state index is 12.9. The van der Waals surface area contributed by atoms with Crippen LogP contribution in [0.15, 0.2) is 41.3 Å². The monoisotopic (exact) mass is 342 g/mol.